The minimum absolute atomic E-state index is 0.216. The molecule has 0 spiro atoms. The van der Waals surface area contributed by atoms with Crippen molar-refractivity contribution in [3.8, 4) is 17.2 Å². The van der Waals surface area contributed by atoms with Crippen molar-refractivity contribution < 1.29 is 19.0 Å². The van der Waals surface area contributed by atoms with E-state index in [1.165, 1.54) is 0 Å². The fourth-order valence-electron chi connectivity index (χ4n) is 3.04. The molecule has 6 nitrogen and oxygen atoms in total. The lowest BCUT2D eigenvalue weighted by molar-refractivity contribution is 0.102. The van der Waals surface area contributed by atoms with Gasteiger partial charge in [-0.2, -0.15) is 0 Å². The number of fused-ring (bicyclic) bond motifs is 2. The quantitative estimate of drug-likeness (QED) is 0.762. The van der Waals surface area contributed by atoms with Gasteiger partial charge in [-0.15, -0.1) is 0 Å². The third kappa shape index (κ3) is 3.51. The van der Waals surface area contributed by atoms with Crippen LogP contribution in [0, 0.1) is 6.92 Å². The van der Waals surface area contributed by atoms with Crippen LogP contribution in [-0.2, 0) is 0 Å². The Bertz CT molecular complexity index is 1020. The van der Waals surface area contributed by atoms with Crippen LogP contribution in [0.15, 0.2) is 42.5 Å². The molecule has 0 bridgehead atoms. The summed E-state index contributed by atoms with van der Waals surface area (Å²) < 4.78 is 16.5. The smallest absolute Gasteiger partial charge is 0.257 e. The summed E-state index contributed by atoms with van der Waals surface area (Å²) in [5, 5.41) is 3.80. The van der Waals surface area contributed by atoms with E-state index in [4.69, 9.17) is 14.2 Å². The maximum atomic E-state index is 12.8. The molecule has 1 aliphatic rings. The van der Waals surface area contributed by atoms with Gasteiger partial charge in [-0.25, -0.2) is 0 Å². The highest BCUT2D eigenvalue weighted by molar-refractivity contribution is 6.07. The topological polar surface area (TPSA) is 69.7 Å². The number of aromatic nitrogens is 1. The number of ether oxygens (including phenoxy) is 3. The summed E-state index contributed by atoms with van der Waals surface area (Å²) in [6.07, 6.45) is 0.836. The highest BCUT2D eigenvalue weighted by Gasteiger charge is 2.15. The summed E-state index contributed by atoms with van der Waals surface area (Å²) in [6.45, 7) is 3.05. The van der Waals surface area contributed by atoms with Gasteiger partial charge in [0.05, 0.1) is 37.1 Å². The van der Waals surface area contributed by atoms with Gasteiger partial charge in [0.1, 0.15) is 5.75 Å². The molecule has 0 unspecified atom stereocenters. The zero-order valence-corrected chi connectivity index (χ0v) is 15.2. The van der Waals surface area contributed by atoms with Gasteiger partial charge in [0.25, 0.3) is 5.91 Å². The number of nitrogens with zero attached hydrogens (tertiary/aromatic N) is 1. The molecule has 27 heavy (non-hydrogen) atoms. The number of hydrogen-bond donors (Lipinski definition) is 1. The van der Waals surface area contributed by atoms with Gasteiger partial charge >= 0.3 is 0 Å². The van der Waals surface area contributed by atoms with Crippen LogP contribution in [0.3, 0.4) is 0 Å². The second-order valence-electron chi connectivity index (χ2n) is 6.35. The van der Waals surface area contributed by atoms with E-state index in [1.54, 1.807) is 19.2 Å². The van der Waals surface area contributed by atoms with Gasteiger partial charge in [0.15, 0.2) is 11.5 Å². The minimum Gasteiger partial charge on any atom is -0.497 e. The molecular formula is C21H20N2O4. The maximum absolute atomic E-state index is 12.8. The van der Waals surface area contributed by atoms with Gasteiger partial charge in [-0.3, -0.25) is 9.78 Å². The van der Waals surface area contributed by atoms with Crippen molar-refractivity contribution in [3.63, 3.8) is 0 Å². The standard InChI is InChI=1S/C21H20N2O4/c1-13-17(10-14-4-6-16(25-2)12-18(14)22-13)21(24)23-15-5-7-19-20(11-15)27-9-3-8-26-19/h4-7,10-12H,3,8-9H2,1-2H3,(H,23,24). The van der Waals surface area contributed by atoms with Gasteiger partial charge in [-0.1, -0.05) is 0 Å². The Labute approximate surface area is 157 Å². The van der Waals surface area contributed by atoms with E-state index in [2.05, 4.69) is 10.3 Å². The lowest BCUT2D eigenvalue weighted by atomic mass is 10.1. The normalized spacial score (nSPS) is 13.1. The number of rotatable bonds is 3. The number of nitrogens with one attached hydrogen (secondary N) is 1. The highest BCUT2D eigenvalue weighted by atomic mass is 16.5. The Balaban J connectivity index is 1.61. The first kappa shape index (κ1) is 17.1. The number of pyridine rings is 1. The first-order chi connectivity index (χ1) is 13.1. The lowest BCUT2D eigenvalue weighted by Gasteiger charge is -2.12. The summed E-state index contributed by atoms with van der Waals surface area (Å²) in [7, 11) is 1.62. The molecule has 0 saturated heterocycles. The molecule has 0 aliphatic carbocycles. The zero-order valence-electron chi connectivity index (χ0n) is 15.2. The van der Waals surface area contributed by atoms with Crippen molar-refractivity contribution in [3.05, 3.63) is 53.7 Å². The Hall–Kier alpha value is -3.28. The summed E-state index contributed by atoms with van der Waals surface area (Å²) in [4.78, 5) is 17.3. The Morgan fingerprint density at radius 3 is 2.70 bits per heavy atom. The van der Waals surface area contributed by atoms with Crippen molar-refractivity contribution in [2.45, 2.75) is 13.3 Å². The van der Waals surface area contributed by atoms with Crippen LogP contribution < -0.4 is 19.5 Å². The molecule has 1 aromatic heterocycles. The van der Waals surface area contributed by atoms with E-state index >= 15 is 0 Å². The summed E-state index contributed by atoms with van der Waals surface area (Å²) in [5.74, 6) is 1.86. The van der Waals surface area contributed by atoms with Gasteiger partial charge in [-0.05, 0) is 37.3 Å². The van der Waals surface area contributed by atoms with Gasteiger partial charge < -0.3 is 19.5 Å². The van der Waals surface area contributed by atoms with E-state index in [-0.39, 0.29) is 5.91 Å². The second-order valence-corrected chi connectivity index (χ2v) is 6.35. The van der Waals surface area contributed by atoms with Crippen LogP contribution >= 0.6 is 0 Å². The van der Waals surface area contributed by atoms with Crippen LogP contribution in [-0.4, -0.2) is 31.2 Å². The van der Waals surface area contributed by atoms with Crippen LogP contribution in [0.2, 0.25) is 0 Å². The fraction of sp³-hybridized carbons (Fsp3) is 0.238. The van der Waals surface area contributed by atoms with E-state index in [0.29, 0.717) is 41.7 Å². The SMILES string of the molecule is COc1ccc2cc(C(=O)Nc3ccc4c(c3)OCCCO4)c(C)nc2c1. The molecule has 3 aromatic rings. The molecule has 6 heteroatoms. The molecule has 2 heterocycles. The molecule has 4 rings (SSSR count). The number of anilines is 1. The number of hydrogen-bond acceptors (Lipinski definition) is 5. The monoisotopic (exact) mass is 364 g/mol. The molecule has 1 N–H and O–H groups in total. The number of aryl methyl sites for hydroxylation is 1. The number of amides is 1. The summed E-state index contributed by atoms with van der Waals surface area (Å²) in [5.41, 5.74) is 2.62. The van der Waals surface area contributed by atoms with Crippen LogP contribution in [0.1, 0.15) is 22.5 Å². The van der Waals surface area contributed by atoms with E-state index in [9.17, 15) is 4.79 Å². The molecule has 1 aliphatic heterocycles. The highest BCUT2D eigenvalue weighted by Crippen LogP contribution is 2.32. The Kier molecular flexibility index (Phi) is 4.54. The predicted molar refractivity (Wildman–Crippen MR) is 103 cm³/mol. The number of benzene rings is 2. The van der Waals surface area contributed by atoms with Gasteiger partial charge in [0.2, 0.25) is 0 Å². The van der Waals surface area contributed by atoms with Gasteiger partial charge in [0, 0.05) is 29.6 Å². The molecular weight excluding hydrogens is 344 g/mol. The Morgan fingerprint density at radius 1 is 1.07 bits per heavy atom. The second kappa shape index (κ2) is 7.15. The maximum Gasteiger partial charge on any atom is 0.257 e. The fourth-order valence-corrected chi connectivity index (χ4v) is 3.04. The molecule has 1 amide bonds. The van der Waals surface area contributed by atoms with E-state index in [1.807, 2.05) is 37.3 Å². The van der Waals surface area contributed by atoms with Crippen LogP contribution in [0.5, 0.6) is 17.2 Å². The molecule has 0 radical (unpaired) electrons. The molecule has 0 saturated carbocycles. The molecule has 138 valence electrons. The molecule has 0 atom stereocenters. The van der Waals surface area contributed by atoms with E-state index < -0.39 is 0 Å². The van der Waals surface area contributed by atoms with Crippen LogP contribution in [0.4, 0.5) is 5.69 Å². The average molecular weight is 364 g/mol. The number of methoxy groups -OCH3 is 1. The zero-order chi connectivity index (χ0) is 18.8. The Morgan fingerprint density at radius 2 is 1.89 bits per heavy atom. The predicted octanol–water partition coefficient (Wildman–Crippen LogP) is 3.97. The molecule has 2 aromatic carbocycles. The summed E-state index contributed by atoms with van der Waals surface area (Å²) in [6, 6.07) is 12.8. The largest absolute Gasteiger partial charge is 0.497 e. The number of carbonyl (C=O) groups excluding carboxylic acids is 1. The van der Waals surface area contributed by atoms with Crippen molar-refractivity contribution in [2.24, 2.45) is 0 Å². The van der Waals surface area contributed by atoms with E-state index in [0.717, 1.165) is 23.1 Å². The lowest BCUT2D eigenvalue weighted by Crippen LogP contribution is -2.14. The van der Waals surface area contributed by atoms with Crippen molar-refractivity contribution in [1.29, 1.82) is 0 Å². The number of carbonyl (C=O) groups is 1. The minimum atomic E-state index is -0.216. The summed E-state index contributed by atoms with van der Waals surface area (Å²) >= 11 is 0. The third-order valence-corrected chi connectivity index (χ3v) is 4.47. The van der Waals surface area contributed by atoms with Crippen LogP contribution in [0.25, 0.3) is 10.9 Å². The first-order valence-electron chi connectivity index (χ1n) is 8.80. The third-order valence-electron chi connectivity index (χ3n) is 4.47. The first-order valence-corrected chi connectivity index (χ1v) is 8.80. The molecule has 0 fully saturated rings. The average Bonchev–Trinajstić information content (AvgIpc) is 2.91. The van der Waals surface area contributed by atoms with Crippen molar-refractivity contribution >= 4 is 22.5 Å². The van der Waals surface area contributed by atoms with Crippen molar-refractivity contribution in [1.82, 2.24) is 4.98 Å². The van der Waals surface area contributed by atoms with Crippen molar-refractivity contribution in [2.75, 3.05) is 25.6 Å².